The number of methoxy groups -OCH3 is 1. The number of aryl methyl sites for hydroxylation is 1. The van der Waals surface area contributed by atoms with Gasteiger partial charge in [0.05, 0.1) is 7.11 Å². The van der Waals surface area contributed by atoms with Crippen LogP contribution >= 0.6 is 11.3 Å². The van der Waals surface area contributed by atoms with Crippen LogP contribution in [-0.4, -0.2) is 18.1 Å². The minimum atomic E-state index is -0.366. The van der Waals surface area contributed by atoms with Gasteiger partial charge < -0.3 is 4.74 Å². The van der Waals surface area contributed by atoms with Crippen LogP contribution in [0.4, 0.5) is 0 Å². The van der Waals surface area contributed by atoms with E-state index < -0.39 is 0 Å². The second-order valence-corrected chi connectivity index (χ2v) is 6.01. The molecule has 19 heavy (non-hydrogen) atoms. The molecule has 0 saturated heterocycles. The zero-order chi connectivity index (χ0) is 13.4. The number of carbonyl (C=O) groups is 1. The van der Waals surface area contributed by atoms with Crippen molar-refractivity contribution in [2.24, 2.45) is 0 Å². The average Bonchev–Trinajstić information content (AvgIpc) is 3.21. The summed E-state index contributed by atoms with van der Waals surface area (Å²) in [5.41, 5.74) is 2.90. The highest BCUT2D eigenvalue weighted by Crippen LogP contribution is 2.40. The zero-order valence-corrected chi connectivity index (χ0v) is 11.8. The van der Waals surface area contributed by atoms with E-state index in [4.69, 9.17) is 4.74 Å². The smallest absolute Gasteiger partial charge is 0.357 e. The first-order valence-electron chi connectivity index (χ1n) is 6.35. The minimum Gasteiger partial charge on any atom is -0.464 e. The van der Waals surface area contributed by atoms with Crippen molar-refractivity contribution in [1.82, 2.24) is 4.98 Å². The van der Waals surface area contributed by atoms with Crippen molar-refractivity contribution in [3.05, 3.63) is 40.4 Å². The molecule has 0 spiro atoms. The molecule has 1 fully saturated rings. The number of hydrogen-bond acceptors (Lipinski definition) is 4. The summed E-state index contributed by atoms with van der Waals surface area (Å²) in [4.78, 5) is 16.8. The molecule has 1 aromatic heterocycles. The SMILES string of the molecule is COC(=O)c1nc(-c2ccc(C3CC3)cc2)sc1C. The molecule has 1 aliphatic rings. The highest BCUT2D eigenvalue weighted by atomic mass is 32.1. The highest BCUT2D eigenvalue weighted by molar-refractivity contribution is 7.15. The van der Waals surface area contributed by atoms with Gasteiger partial charge in [0.2, 0.25) is 0 Å². The van der Waals surface area contributed by atoms with Gasteiger partial charge in [-0.15, -0.1) is 11.3 Å². The van der Waals surface area contributed by atoms with Crippen LogP contribution in [0.5, 0.6) is 0 Å². The van der Waals surface area contributed by atoms with Gasteiger partial charge in [0.1, 0.15) is 5.01 Å². The van der Waals surface area contributed by atoms with E-state index in [1.165, 1.54) is 36.9 Å². The Balaban J connectivity index is 1.90. The van der Waals surface area contributed by atoms with E-state index in [9.17, 15) is 4.79 Å². The molecule has 0 atom stereocenters. The molecule has 1 heterocycles. The standard InChI is InChI=1S/C15H15NO2S/c1-9-13(15(17)18-2)16-14(19-9)12-7-5-11(6-8-12)10-3-4-10/h5-8,10H,3-4H2,1-2H3. The Morgan fingerprint density at radius 3 is 2.58 bits per heavy atom. The number of benzene rings is 1. The van der Waals surface area contributed by atoms with E-state index in [-0.39, 0.29) is 5.97 Å². The molecular formula is C15H15NO2S. The fraction of sp³-hybridized carbons (Fsp3) is 0.333. The summed E-state index contributed by atoms with van der Waals surface area (Å²) >= 11 is 1.53. The monoisotopic (exact) mass is 273 g/mol. The summed E-state index contributed by atoms with van der Waals surface area (Å²) < 4.78 is 4.73. The quantitative estimate of drug-likeness (QED) is 0.799. The third-order valence-electron chi connectivity index (χ3n) is 3.38. The van der Waals surface area contributed by atoms with Crippen molar-refractivity contribution >= 4 is 17.3 Å². The summed E-state index contributed by atoms with van der Waals surface area (Å²) in [5, 5.41) is 0.875. The van der Waals surface area contributed by atoms with Crippen LogP contribution in [0.15, 0.2) is 24.3 Å². The van der Waals surface area contributed by atoms with E-state index in [1.807, 2.05) is 6.92 Å². The first kappa shape index (κ1) is 12.4. The highest BCUT2D eigenvalue weighted by Gasteiger charge is 2.23. The van der Waals surface area contributed by atoms with Crippen molar-refractivity contribution in [1.29, 1.82) is 0 Å². The maximum atomic E-state index is 11.6. The van der Waals surface area contributed by atoms with Crippen molar-refractivity contribution in [3.63, 3.8) is 0 Å². The number of rotatable bonds is 3. The maximum Gasteiger partial charge on any atom is 0.357 e. The fourth-order valence-corrected chi connectivity index (χ4v) is 3.03. The van der Waals surface area contributed by atoms with E-state index in [1.54, 1.807) is 0 Å². The van der Waals surface area contributed by atoms with E-state index >= 15 is 0 Å². The van der Waals surface area contributed by atoms with Crippen LogP contribution in [0.25, 0.3) is 10.6 Å². The molecule has 0 radical (unpaired) electrons. The Labute approximate surface area is 116 Å². The largest absolute Gasteiger partial charge is 0.464 e. The molecule has 2 aromatic rings. The second-order valence-electron chi connectivity index (χ2n) is 4.81. The Morgan fingerprint density at radius 1 is 1.32 bits per heavy atom. The molecule has 0 bridgehead atoms. The first-order valence-corrected chi connectivity index (χ1v) is 7.16. The Bertz CT molecular complexity index is 612. The lowest BCUT2D eigenvalue weighted by molar-refractivity contribution is 0.0594. The van der Waals surface area contributed by atoms with E-state index in [2.05, 4.69) is 29.2 Å². The van der Waals surface area contributed by atoms with Crippen LogP contribution in [0.3, 0.4) is 0 Å². The molecule has 1 saturated carbocycles. The lowest BCUT2D eigenvalue weighted by Gasteiger charge is -1.99. The number of ether oxygens (including phenoxy) is 1. The molecular weight excluding hydrogens is 258 g/mol. The van der Waals surface area contributed by atoms with Gasteiger partial charge >= 0.3 is 5.97 Å². The molecule has 98 valence electrons. The fourth-order valence-electron chi connectivity index (χ4n) is 2.12. The predicted molar refractivity (Wildman–Crippen MR) is 75.6 cm³/mol. The zero-order valence-electron chi connectivity index (χ0n) is 11.0. The maximum absolute atomic E-state index is 11.6. The molecule has 0 amide bonds. The topological polar surface area (TPSA) is 39.2 Å². The van der Waals surface area contributed by atoms with Gasteiger partial charge in [-0.1, -0.05) is 24.3 Å². The third kappa shape index (κ3) is 2.40. The molecule has 0 aliphatic heterocycles. The van der Waals surface area contributed by atoms with Crippen LogP contribution < -0.4 is 0 Å². The second kappa shape index (κ2) is 4.78. The number of esters is 1. The number of nitrogens with zero attached hydrogens (tertiary/aromatic N) is 1. The summed E-state index contributed by atoms with van der Waals surface area (Å²) in [7, 11) is 1.38. The lowest BCUT2D eigenvalue weighted by Crippen LogP contribution is -2.03. The van der Waals surface area contributed by atoms with Crippen LogP contribution in [0.1, 0.15) is 39.7 Å². The lowest BCUT2D eigenvalue weighted by atomic mass is 10.1. The van der Waals surface area contributed by atoms with Gasteiger partial charge in [-0.05, 0) is 31.2 Å². The van der Waals surface area contributed by atoms with Crippen molar-refractivity contribution in [2.45, 2.75) is 25.7 Å². The van der Waals surface area contributed by atoms with E-state index in [0.717, 1.165) is 21.4 Å². The minimum absolute atomic E-state index is 0.366. The van der Waals surface area contributed by atoms with Crippen molar-refractivity contribution in [2.75, 3.05) is 7.11 Å². The van der Waals surface area contributed by atoms with Gasteiger partial charge in [0.25, 0.3) is 0 Å². The molecule has 1 aromatic carbocycles. The van der Waals surface area contributed by atoms with Crippen LogP contribution in [0, 0.1) is 6.92 Å². The number of thiazole rings is 1. The van der Waals surface area contributed by atoms with Gasteiger partial charge in [-0.2, -0.15) is 0 Å². The Morgan fingerprint density at radius 2 is 2.00 bits per heavy atom. The number of carbonyl (C=O) groups excluding carboxylic acids is 1. The predicted octanol–water partition coefficient (Wildman–Crippen LogP) is 3.78. The van der Waals surface area contributed by atoms with Gasteiger partial charge in [-0.25, -0.2) is 9.78 Å². The number of hydrogen-bond donors (Lipinski definition) is 0. The van der Waals surface area contributed by atoms with Gasteiger partial charge in [-0.3, -0.25) is 0 Å². The van der Waals surface area contributed by atoms with Gasteiger partial charge in [0, 0.05) is 10.4 Å². The molecule has 4 heteroatoms. The summed E-state index contributed by atoms with van der Waals surface area (Å²) in [5.74, 6) is 0.396. The third-order valence-corrected chi connectivity index (χ3v) is 4.40. The molecule has 0 N–H and O–H groups in total. The van der Waals surface area contributed by atoms with Crippen LogP contribution in [-0.2, 0) is 4.74 Å². The molecule has 1 aliphatic carbocycles. The normalized spacial score (nSPS) is 14.4. The summed E-state index contributed by atoms with van der Waals surface area (Å²) in [6.07, 6.45) is 2.62. The molecule has 3 nitrogen and oxygen atoms in total. The first-order chi connectivity index (χ1) is 9.19. The van der Waals surface area contributed by atoms with Crippen molar-refractivity contribution in [3.8, 4) is 10.6 Å². The molecule has 0 unspecified atom stereocenters. The van der Waals surface area contributed by atoms with Crippen LogP contribution in [0.2, 0.25) is 0 Å². The summed E-state index contributed by atoms with van der Waals surface area (Å²) in [6.45, 7) is 1.89. The average molecular weight is 273 g/mol. The Hall–Kier alpha value is -1.68. The van der Waals surface area contributed by atoms with Gasteiger partial charge in [0.15, 0.2) is 5.69 Å². The number of aromatic nitrogens is 1. The summed E-state index contributed by atoms with van der Waals surface area (Å²) in [6, 6.07) is 8.52. The van der Waals surface area contributed by atoms with Crippen molar-refractivity contribution < 1.29 is 9.53 Å². The Kier molecular flexibility index (Phi) is 3.11. The van der Waals surface area contributed by atoms with E-state index in [0.29, 0.717) is 5.69 Å². The molecule has 3 rings (SSSR count).